The predicted molar refractivity (Wildman–Crippen MR) is 64.3 cm³/mol. The Kier molecular flexibility index (Phi) is 3.22. The molecule has 6 heteroatoms. The first-order valence-corrected chi connectivity index (χ1v) is 6.93. The number of carbonyl (C=O) groups excluding carboxylic acids is 1. The molecule has 0 saturated carbocycles. The van der Waals surface area contributed by atoms with Crippen molar-refractivity contribution in [2.75, 3.05) is 13.2 Å². The van der Waals surface area contributed by atoms with Crippen molar-refractivity contribution in [1.29, 1.82) is 0 Å². The first-order valence-electron chi connectivity index (χ1n) is 6.93. The molecule has 3 saturated heterocycles. The molecular weight excluding hydrogens is 250 g/mol. The molecule has 0 radical (unpaired) electrons. The largest absolute Gasteiger partial charge is 0.481 e. The molecule has 0 aliphatic carbocycles. The van der Waals surface area contributed by atoms with Crippen molar-refractivity contribution in [1.82, 2.24) is 4.90 Å². The van der Waals surface area contributed by atoms with Crippen molar-refractivity contribution in [2.45, 2.75) is 43.9 Å². The van der Waals surface area contributed by atoms with Gasteiger partial charge in [0, 0.05) is 6.54 Å². The minimum absolute atomic E-state index is 0.0504. The van der Waals surface area contributed by atoms with Gasteiger partial charge in [-0.3, -0.25) is 9.59 Å². The number of carboxylic acids is 1. The summed E-state index contributed by atoms with van der Waals surface area (Å²) >= 11 is 0. The number of aliphatic hydroxyl groups is 1. The zero-order valence-corrected chi connectivity index (χ0v) is 10.7. The summed E-state index contributed by atoms with van der Waals surface area (Å²) in [4.78, 5) is 25.6. The van der Waals surface area contributed by atoms with Gasteiger partial charge in [0.25, 0.3) is 0 Å². The van der Waals surface area contributed by atoms with Crippen LogP contribution in [-0.2, 0) is 14.3 Å². The number of hydrogen-bond acceptors (Lipinski definition) is 4. The van der Waals surface area contributed by atoms with Crippen LogP contribution in [0.25, 0.3) is 0 Å². The second-order valence-electron chi connectivity index (χ2n) is 5.69. The molecule has 3 rings (SSSR count). The molecule has 2 N–H and O–H groups in total. The summed E-state index contributed by atoms with van der Waals surface area (Å²) in [6.07, 6.45) is 2.60. The summed E-state index contributed by atoms with van der Waals surface area (Å²) in [5.41, 5.74) is 0. The fourth-order valence-corrected chi connectivity index (χ4v) is 3.81. The molecule has 0 aromatic carbocycles. The standard InChI is InChI=1S/C13H19NO5/c15-6-7-2-1-5-14(7)12(16)10-8-3-4-9(19-8)11(10)13(17)18/h7-11,15H,1-6H2,(H,17,18). The van der Waals surface area contributed by atoms with Crippen LogP contribution in [0.3, 0.4) is 0 Å². The van der Waals surface area contributed by atoms with Crippen LogP contribution < -0.4 is 0 Å². The average Bonchev–Trinajstić information content (AvgIpc) is 3.10. The van der Waals surface area contributed by atoms with Gasteiger partial charge in [-0.15, -0.1) is 0 Å². The van der Waals surface area contributed by atoms with Gasteiger partial charge in [0.05, 0.1) is 36.7 Å². The number of fused-ring (bicyclic) bond motifs is 2. The third-order valence-corrected chi connectivity index (χ3v) is 4.71. The van der Waals surface area contributed by atoms with Crippen LogP contribution in [0.2, 0.25) is 0 Å². The molecule has 0 spiro atoms. The van der Waals surface area contributed by atoms with E-state index in [2.05, 4.69) is 0 Å². The maximum Gasteiger partial charge on any atom is 0.310 e. The summed E-state index contributed by atoms with van der Waals surface area (Å²) in [6.45, 7) is 0.565. The van der Waals surface area contributed by atoms with Crippen molar-refractivity contribution in [3.05, 3.63) is 0 Å². The van der Waals surface area contributed by atoms with E-state index in [-0.39, 0.29) is 30.8 Å². The molecule has 5 atom stereocenters. The molecule has 3 heterocycles. The van der Waals surface area contributed by atoms with Crippen LogP contribution in [0.5, 0.6) is 0 Å². The van der Waals surface area contributed by atoms with Crippen LogP contribution >= 0.6 is 0 Å². The van der Waals surface area contributed by atoms with E-state index in [0.717, 1.165) is 25.7 Å². The number of aliphatic hydroxyl groups excluding tert-OH is 1. The third kappa shape index (κ3) is 1.94. The Labute approximate surface area is 111 Å². The fourth-order valence-electron chi connectivity index (χ4n) is 3.81. The lowest BCUT2D eigenvalue weighted by Gasteiger charge is -2.31. The molecule has 19 heavy (non-hydrogen) atoms. The van der Waals surface area contributed by atoms with Crippen molar-refractivity contribution in [3.63, 3.8) is 0 Å². The summed E-state index contributed by atoms with van der Waals surface area (Å²) in [7, 11) is 0. The number of likely N-dealkylation sites (tertiary alicyclic amines) is 1. The first kappa shape index (κ1) is 12.9. The highest BCUT2D eigenvalue weighted by molar-refractivity contribution is 5.87. The molecule has 3 aliphatic rings. The lowest BCUT2D eigenvalue weighted by atomic mass is 9.78. The summed E-state index contributed by atoms with van der Waals surface area (Å²) < 4.78 is 5.62. The van der Waals surface area contributed by atoms with Gasteiger partial charge in [-0.25, -0.2) is 0 Å². The van der Waals surface area contributed by atoms with Gasteiger partial charge in [0.15, 0.2) is 0 Å². The molecule has 3 fully saturated rings. The van der Waals surface area contributed by atoms with E-state index in [1.165, 1.54) is 0 Å². The van der Waals surface area contributed by atoms with Crippen LogP contribution in [0.1, 0.15) is 25.7 Å². The molecule has 0 aromatic heterocycles. The van der Waals surface area contributed by atoms with Crippen molar-refractivity contribution >= 4 is 11.9 Å². The third-order valence-electron chi connectivity index (χ3n) is 4.71. The quantitative estimate of drug-likeness (QED) is 0.744. The number of carboxylic acid groups (broad SMARTS) is 1. The summed E-state index contributed by atoms with van der Waals surface area (Å²) in [5, 5.41) is 18.6. The van der Waals surface area contributed by atoms with Crippen LogP contribution in [0.4, 0.5) is 0 Å². The normalized spacial score (nSPS) is 40.9. The number of nitrogens with zero attached hydrogens (tertiary/aromatic N) is 1. The van der Waals surface area contributed by atoms with Gasteiger partial charge in [-0.2, -0.15) is 0 Å². The topological polar surface area (TPSA) is 87.1 Å². The Morgan fingerprint density at radius 1 is 1.16 bits per heavy atom. The number of amides is 1. The minimum atomic E-state index is -0.940. The zero-order valence-electron chi connectivity index (χ0n) is 10.7. The van der Waals surface area contributed by atoms with Crippen LogP contribution in [-0.4, -0.2) is 58.4 Å². The highest BCUT2D eigenvalue weighted by Crippen LogP contribution is 2.45. The highest BCUT2D eigenvalue weighted by atomic mass is 16.5. The van der Waals surface area contributed by atoms with E-state index in [0.29, 0.717) is 6.54 Å². The monoisotopic (exact) mass is 269 g/mol. The molecule has 0 aromatic rings. The second kappa shape index (κ2) is 4.76. The van der Waals surface area contributed by atoms with E-state index in [1.807, 2.05) is 0 Å². The lowest BCUT2D eigenvalue weighted by Crippen LogP contribution is -2.48. The van der Waals surface area contributed by atoms with Crippen LogP contribution in [0, 0.1) is 11.8 Å². The number of aliphatic carboxylic acids is 1. The molecule has 1 amide bonds. The number of ether oxygens (including phenoxy) is 1. The van der Waals surface area contributed by atoms with Crippen molar-refractivity contribution in [2.24, 2.45) is 11.8 Å². The Morgan fingerprint density at radius 2 is 1.84 bits per heavy atom. The zero-order chi connectivity index (χ0) is 13.6. The van der Waals surface area contributed by atoms with E-state index < -0.39 is 17.8 Å². The SMILES string of the molecule is O=C(O)C1C2CCC(O2)C1C(=O)N1CCCC1CO. The van der Waals surface area contributed by atoms with E-state index >= 15 is 0 Å². The molecule has 106 valence electrons. The Bertz CT molecular complexity index is 398. The Hall–Kier alpha value is -1.14. The second-order valence-corrected chi connectivity index (χ2v) is 5.69. The van der Waals surface area contributed by atoms with Gasteiger partial charge < -0.3 is 19.8 Å². The lowest BCUT2D eigenvalue weighted by molar-refractivity contribution is -0.151. The van der Waals surface area contributed by atoms with Gasteiger partial charge in [-0.05, 0) is 25.7 Å². The Morgan fingerprint density at radius 3 is 2.47 bits per heavy atom. The van der Waals surface area contributed by atoms with Gasteiger partial charge >= 0.3 is 5.97 Å². The maximum absolute atomic E-state index is 12.6. The number of rotatable bonds is 3. The number of carbonyl (C=O) groups is 2. The maximum atomic E-state index is 12.6. The molecule has 3 aliphatic heterocycles. The molecule has 2 bridgehead atoms. The van der Waals surface area contributed by atoms with E-state index in [1.54, 1.807) is 4.90 Å². The van der Waals surface area contributed by atoms with E-state index in [4.69, 9.17) is 4.74 Å². The average molecular weight is 269 g/mol. The minimum Gasteiger partial charge on any atom is -0.481 e. The fraction of sp³-hybridized carbons (Fsp3) is 0.846. The first-order chi connectivity index (χ1) is 9.13. The van der Waals surface area contributed by atoms with E-state index in [9.17, 15) is 19.8 Å². The molecule has 5 unspecified atom stereocenters. The van der Waals surface area contributed by atoms with Crippen molar-refractivity contribution < 1.29 is 24.5 Å². The van der Waals surface area contributed by atoms with Crippen LogP contribution in [0.15, 0.2) is 0 Å². The van der Waals surface area contributed by atoms with Crippen molar-refractivity contribution in [3.8, 4) is 0 Å². The van der Waals surface area contributed by atoms with Gasteiger partial charge in [-0.1, -0.05) is 0 Å². The summed E-state index contributed by atoms with van der Waals surface area (Å²) in [5.74, 6) is -2.36. The smallest absolute Gasteiger partial charge is 0.310 e. The van der Waals surface area contributed by atoms with Gasteiger partial charge in [0.2, 0.25) is 5.91 Å². The van der Waals surface area contributed by atoms with Gasteiger partial charge in [0.1, 0.15) is 0 Å². The predicted octanol–water partition coefficient (Wildman–Crippen LogP) is -0.152. The summed E-state index contributed by atoms with van der Waals surface area (Å²) in [6, 6.07) is -0.152. The molecular formula is C13H19NO5. The molecule has 6 nitrogen and oxygen atoms in total. The number of hydrogen-bond donors (Lipinski definition) is 2. The Balaban J connectivity index is 1.80. The highest BCUT2D eigenvalue weighted by Gasteiger charge is 2.57.